The first kappa shape index (κ1) is 20.2. The summed E-state index contributed by atoms with van der Waals surface area (Å²) in [5.74, 6) is 0.998. The third-order valence-corrected chi connectivity index (χ3v) is 6.55. The molecule has 0 radical (unpaired) electrons. The van der Waals surface area contributed by atoms with Crippen LogP contribution in [0, 0.1) is 0 Å². The molecule has 3 heteroatoms. The maximum absolute atomic E-state index is 12.4. The molecule has 2 heterocycles. The molecule has 2 aliphatic heterocycles. The van der Waals surface area contributed by atoms with Crippen LogP contribution in [0.2, 0.25) is 0 Å². The quantitative estimate of drug-likeness (QED) is 0.741. The molecule has 2 aromatic rings. The van der Waals surface area contributed by atoms with E-state index in [9.17, 15) is 5.11 Å². The van der Waals surface area contributed by atoms with Crippen LogP contribution < -0.4 is 0 Å². The second-order valence-electron chi connectivity index (χ2n) is 9.55. The van der Waals surface area contributed by atoms with Crippen LogP contribution in [0.1, 0.15) is 81.5 Å². The Bertz CT molecular complexity index is 894. The highest BCUT2D eigenvalue weighted by molar-refractivity contribution is 6.02. The first-order chi connectivity index (χ1) is 13.9. The number of nitrogens with zero attached hydrogens (tertiary/aromatic N) is 2. The van der Waals surface area contributed by atoms with Crippen LogP contribution in [0.5, 0.6) is 0 Å². The average Bonchev–Trinajstić information content (AvgIpc) is 2.73. The van der Waals surface area contributed by atoms with Gasteiger partial charge in [0.05, 0.1) is 0 Å². The molecule has 0 spiro atoms. The predicted molar refractivity (Wildman–Crippen MR) is 120 cm³/mol. The van der Waals surface area contributed by atoms with Crippen LogP contribution in [0.3, 0.4) is 0 Å². The molecule has 0 saturated heterocycles. The fraction of sp³-hybridized carbons (Fsp3) is 0.500. The molecule has 0 saturated carbocycles. The first-order valence-electron chi connectivity index (χ1n) is 11.1. The summed E-state index contributed by atoms with van der Waals surface area (Å²) in [6, 6.07) is 17.2. The van der Waals surface area contributed by atoms with Crippen molar-refractivity contribution in [3.8, 4) is 0 Å². The Labute approximate surface area is 175 Å². The maximum atomic E-state index is 12.4. The van der Waals surface area contributed by atoms with Gasteiger partial charge in [0.1, 0.15) is 5.84 Å². The lowest BCUT2D eigenvalue weighted by molar-refractivity contribution is -0.108. The minimum atomic E-state index is -1.06. The molecule has 0 fully saturated rings. The number of benzene rings is 2. The van der Waals surface area contributed by atoms with E-state index in [0.717, 1.165) is 50.2 Å². The first-order valence-corrected chi connectivity index (χ1v) is 11.1. The SMILES string of the molecule is CCCCC1c2ccccc2C2=NCCCN2C1(O)c1ccc(C(C)(C)C)cc1. The molecule has 0 amide bonds. The molecule has 2 aliphatic rings. The highest BCUT2D eigenvalue weighted by Gasteiger charge is 2.50. The summed E-state index contributed by atoms with van der Waals surface area (Å²) >= 11 is 0. The van der Waals surface area contributed by atoms with Crippen LogP contribution in [0.15, 0.2) is 53.5 Å². The van der Waals surface area contributed by atoms with Crippen molar-refractivity contribution < 1.29 is 5.11 Å². The lowest BCUT2D eigenvalue weighted by Gasteiger charge is -2.52. The van der Waals surface area contributed by atoms with Gasteiger partial charge in [-0.15, -0.1) is 0 Å². The molecule has 3 nitrogen and oxygen atoms in total. The van der Waals surface area contributed by atoms with Gasteiger partial charge in [0, 0.05) is 30.1 Å². The molecule has 2 aromatic carbocycles. The molecular formula is C26H34N2O. The Hall–Kier alpha value is -2.13. The van der Waals surface area contributed by atoms with Crippen LogP contribution in [-0.4, -0.2) is 28.9 Å². The number of unbranched alkanes of at least 4 members (excludes halogenated alkanes) is 1. The smallest absolute Gasteiger partial charge is 0.172 e. The topological polar surface area (TPSA) is 35.8 Å². The van der Waals surface area contributed by atoms with Crippen LogP contribution in [0.25, 0.3) is 0 Å². The second-order valence-corrected chi connectivity index (χ2v) is 9.55. The van der Waals surface area contributed by atoms with Crippen molar-refractivity contribution in [3.63, 3.8) is 0 Å². The van der Waals surface area contributed by atoms with Crippen LogP contribution in [-0.2, 0) is 11.1 Å². The number of hydrogen-bond acceptors (Lipinski definition) is 3. The lowest BCUT2D eigenvalue weighted by atomic mass is 9.73. The average molecular weight is 391 g/mol. The Kier molecular flexibility index (Phi) is 5.29. The van der Waals surface area contributed by atoms with Gasteiger partial charge in [0.2, 0.25) is 0 Å². The van der Waals surface area contributed by atoms with Gasteiger partial charge in [-0.2, -0.15) is 0 Å². The number of hydrogen-bond donors (Lipinski definition) is 1. The molecule has 0 aliphatic carbocycles. The Morgan fingerprint density at radius 3 is 2.52 bits per heavy atom. The zero-order valence-corrected chi connectivity index (χ0v) is 18.3. The summed E-state index contributed by atoms with van der Waals surface area (Å²) in [6.45, 7) is 10.6. The zero-order chi connectivity index (χ0) is 20.6. The highest BCUT2D eigenvalue weighted by atomic mass is 16.3. The second kappa shape index (κ2) is 7.60. The molecule has 154 valence electrons. The van der Waals surface area contributed by atoms with Gasteiger partial charge in [-0.25, -0.2) is 0 Å². The number of rotatable bonds is 4. The van der Waals surface area contributed by atoms with E-state index in [-0.39, 0.29) is 11.3 Å². The fourth-order valence-corrected chi connectivity index (χ4v) is 4.91. The van der Waals surface area contributed by atoms with E-state index in [4.69, 9.17) is 4.99 Å². The van der Waals surface area contributed by atoms with E-state index in [1.54, 1.807) is 0 Å². The van der Waals surface area contributed by atoms with Gasteiger partial charge < -0.3 is 10.0 Å². The van der Waals surface area contributed by atoms with E-state index in [2.05, 4.69) is 81.1 Å². The fourth-order valence-electron chi connectivity index (χ4n) is 4.91. The summed E-state index contributed by atoms with van der Waals surface area (Å²) < 4.78 is 0. The van der Waals surface area contributed by atoms with Gasteiger partial charge >= 0.3 is 0 Å². The van der Waals surface area contributed by atoms with Gasteiger partial charge in [-0.3, -0.25) is 4.99 Å². The van der Waals surface area contributed by atoms with Gasteiger partial charge in [-0.05, 0) is 29.4 Å². The van der Waals surface area contributed by atoms with Crippen molar-refractivity contribution in [2.45, 2.75) is 70.4 Å². The monoisotopic (exact) mass is 390 g/mol. The van der Waals surface area contributed by atoms with Crippen LogP contribution in [0.4, 0.5) is 0 Å². The third-order valence-electron chi connectivity index (χ3n) is 6.55. The summed E-state index contributed by atoms with van der Waals surface area (Å²) in [6.07, 6.45) is 4.17. The number of aliphatic imine (C=N–C) groups is 1. The molecular weight excluding hydrogens is 356 g/mol. The molecule has 2 unspecified atom stereocenters. The molecule has 0 bridgehead atoms. The number of aliphatic hydroxyl groups is 1. The largest absolute Gasteiger partial charge is 0.366 e. The number of amidine groups is 1. The summed E-state index contributed by atoms with van der Waals surface area (Å²) in [7, 11) is 0. The van der Waals surface area contributed by atoms with E-state index in [1.165, 1.54) is 16.7 Å². The molecule has 1 N–H and O–H groups in total. The van der Waals surface area contributed by atoms with E-state index < -0.39 is 5.72 Å². The van der Waals surface area contributed by atoms with Gasteiger partial charge in [-0.1, -0.05) is 89.1 Å². The van der Waals surface area contributed by atoms with Crippen molar-refractivity contribution in [1.82, 2.24) is 4.90 Å². The van der Waals surface area contributed by atoms with Gasteiger partial charge in [0.25, 0.3) is 0 Å². The van der Waals surface area contributed by atoms with E-state index in [1.807, 2.05) is 0 Å². The standard InChI is InChI=1S/C26H34N2O/c1-5-6-12-23-21-10-7-8-11-22(21)24-27-17-9-18-28(24)26(23,29)20-15-13-19(14-16-20)25(2,3)4/h7-8,10-11,13-16,23,29H,5-6,9,12,17-18H2,1-4H3. The van der Waals surface area contributed by atoms with E-state index >= 15 is 0 Å². The zero-order valence-electron chi connectivity index (χ0n) is 18.3. The Morgan fingerprint density at radius 1 is 1.10 bits per heavy atom. The number of fused-ring (bicyclic) bond motifs is 3. The third kappa shape index (κ3) is 3.40. The summed E-state index contributed by atoms with van der Waals surface area (Å²) in [5, 5.41) is 12.4. The maximum Gasteiger partial charge on any atom is 0.172 e. The molecule has 2 atom stereocenters. The van der Waals surface area contributed by atoms with Crippen molar-refractivity contribution in [2.75, 3.05) is 13.1 Å². The Morgan fingerprint density at radius 2 is 1.83 bits per heavy atom. The molecule has 29 heavy (non-hydrogen) atoms. The minimum absolute atomic E-state index is 0.0381. The predicted octanol–water partition coefficient (Wildman–Crippen LogP) is 5.57. The van der Waals surface area contributed by atoms with Crippen molar-refractivity contribution in [1.29, 1.82) is 0 Å². The normalized spacial score (nSPS) is 24.0. The highest BCUT2D eigenvalue weighted by Crippen LogP contribution is 2.49. The Balaban J connectivity index is 1.88. The van der Waals surface area contributed by atoms with Gasteiger partial charge in [0.15, 0.2) is 5.72 Å². The van der Waals surface area contributed by atoms with Crippen molar-refractivity contribution >= 4 is 5.84 Å². The molecule has 4 rings (SSSR count). The summed E-state index contributed by atoms with van der Waals surface area (Å²) in [4.78, 5) is 7.05. The molecule has 0 aromatic heterocycles. The van der Waals surface area contributed by atoms with Crippen molar-refractivity contribution in [3.05, 3.63) is 70.8 Å². The van der Waals surface area contributed by atoms with Crippen molar-refractivity contribution in [2.24, 2.45) is 4.99 Å². The van der Waals surface area contributed by atoms with E-state index in [0.29, 0.717) is 0 Å². The summed E-state index contributed by atoms with van der Waals surface area (Å²) in [5.41, 5.74) is 3.75. The van der Waals surface area contributed by atoms with Crippen LogP contribution >= 0.6 is 0 Å². The lowest BCUT2D eigenvalue weighted by Crippen LogP contribution is -2.58. The minimum Gasteiger partial charge on any atom is -0.366 e.